The molecule has 5 nitrogen and oxygen atoms in total. The summed E-state index contributed by atoms with van der Waals surface area (Å²) in [7, 11) is 1.88. The van der Waals surface area contributed by atoms with Gasteiger partial charge in [0.25, 0.3) is 0 Å². The maximum atomic E-state index is 12.2. The lowest BCUT2D eigenvalue weighted by Crippen LogP contribution is -2.36. The fourth-order valence-electron chi connectivity index (χ4n) is 2.54. The molecule has 0 spiro atoms. The minimum absolute atomic E-state index is 0.0491. The van der Waals surface area contributed by atoms with Crippen LogP contribution in [0.25, 0.3) is 11.0 Å². The summed E-state index contributed by atoms with van der Waals surface area (Å²) in [6.45, 7) is 2.81. The molecule has 1 atom stereocenters. The van der Waals surface area contributed by atoms with Crippen molar-refractivity contribution in [2.45, 2.75) is 19.5 Å². The number of hydrogen-bond donors (Lipinski definition) is 1. The van der Waals surface area contributed by atoms with Gasteiger partial charge in [-0.2, -0.15) is 0 Å². The van der Waals surface area contributed by atoms with E-state index in [1.807, 2.05) is 61.3 Å². The highest BCUT2D eigenvalue weighted by atomic mass is 16.3. The predicted molar refractivity (Wildman–Crippen MR) is 87.8 cm³/mol. The van der Waals surface area contributed by atoms with Crippen LogP contribution in [-0.2, 0) is 11.3 Å². The number of nitrogens with one attached hydrogen (secondary N) is 1. The molecule has 0 saturated carbocycles. The zero-order valence-corrected chi connectivity index (χ0v) is 13.3. The maximum Gasteiger partial charge on any atom is 0.234 e. The van der Waals surface area contributed by atoms with E-state index < -0.39 is 0 Å². The van der Waals surface area contributed by atoms with E-state index in [9.17, 15) is 4.79 Å². The Morgan fingerprint density at radius 3 is 2.83 bits per heavy atom. The molecule has 0 fully saturated rings. The first kappa shape index (κ1) is 15.4. The maximum absolute atomic E-state index is 12.2. The number of amides is 1. The van der Waals surface area contributed by atoms with Gasteiger partial charge in [-0.25, -0.2) is 0 Å². The molecule has 1 unspecified atom stereocenters. The summed E-state index contributed by atoms with van der Waals surface area (Å²) in [4.78, 5) is 14.1. The summed E-state index contributed by atoms with van der Waals surface area (Å²) in [5, 5.41) is 4.00. The van der Waals surface area contributed by atoms with Crippen LogP contribution < -0.4 is 5.32 Å². The lowest BCUT2D eigenvalue weighted by molar-refractivity contribution is -0.122. The largest absolute Gasteiger partial charge is 0.468 e. The molecule has 3 aromatic rings. The Balaban J connectivity index is 1.56. The Kier molecular flexibility index (Phi) is 4.48. The zero-order valence-electron chi connectivity index (χ0n) is 13.3. The molecule has 2 heterocycles. The van der Waals surface area contributed by atoms with Crippen molar-refractivity contribution in [2.24, 2.45) is 0 Å². The van der Waals surface area contributed by atoms with Crippen LogP contribution in [0.1, 0.15) is 24.5 Å². The highest BCUT2D eigenvalue weighted by Crippen LogP contribution is 2.23. The summed E-state index contributed by atoms with van der Waals surface area (Å²) in [5.74, 6) is 1.55. The van der Waals surface area contributed by atoms with Crippen LogP contribution in [0.2, 0.25) is 0 Å². The Morgan fingerprint density at radius 1 is 1.26 bits per heavy atom. The third-order valence-electron chi connectivity index (χ3n) is 3.67. The van der Waals surface area contributed by atoms with Crippen molar-refractivity contribution in [3.8, 4) is 0 Å². The van der Waals surface area contributed by atoms with Gasteiger partial charge in [0.1, 0.15) is 17.1 Å². The van der Waals surface area contributed by atoms with Crippen molar-refractivity contribution in [1.82, 2.24) is 10.2 Å². The van der Waals surface area contributed by atoms with Gasteiger partial charge >= 0.3 is 0 Å². The lowest BCUT2D eigenvalue weighted by Gasteiger charge is -2.17. The van der Waals surface area contributed by atoms with Crippen molar-refractivity contribution in [2.75, 3.05) is 13.6 Å². The third kappa shape index (κ3) is 3.81. The number of benzene rings is 1. The number of likely N-dealkylation sites (N-methyl/N-ethyl adjacent to an activating group) is 1. The molecule has 0 aliphatic heterocycles. The zero-order chi connectivity index (χ0) is 16.2. The van der Waals surface area contributed by atoms with Gasteiger partial charge in [0.2, 0.25) is 5.91 Å². The molecule has 23 heavy (non-hydrogen) atoms. The Morgan fingerprint density at radius 2 is 2.09 bits per heavy atom. The van der Waals surface area contributed by atoms with E-state index in [0.717, 1.165) is 22.5 Å². The molecule has 1 amide bonds. The molecule has 0 saturated heterocycles. The molecule has 1 N–H and O–H groups in total. The van der Waals surface area contributed by atoms with Gasteiger partial charge in [0.15, 0.2) is 0 Å². The molecule has 3 rings (SSSR count). The quantitative estimate of drug-likeness (QED) is 0.758. The average Bonchev–Trinajstić information content (AvgIpc) is 3.15. The number of carbonyl (C=O) groups excluding carboxylic acids is 1. The fourth-order valence-corrected chi connectivity index (χ4v) is 2.54. The number of hydrogen-bond acceptors (Lipinski definition) is 4. The van der Waals surface area contributed by atoms with Crippen LogP contribution >= 0.6 is 0 Å². The lowest BCUT2D eigenvalue weighted by atomic mass is 10.2. The normalized spacial score (nSPS) is 12.7. The number of para-hydroxylation sites is 1. The second kappa shape index (κ2) is 6.71. The fraction of sp³-hybridized carbons (Fsp3) is 0.278. The summed E-state index contributed by atoms with van der Waals surface area (Å²) in [6.07, 6.45) is 1.63. The smallest absolute Gasteiger partial charge is 0.234 e. The number of rotatable bonds is 6. The molecule has 1 aromatic carbocycles. The third-order valence-corrected chi connectivity index (χ3v) is 3.67. The van der Waals surface area contributed by atoms with Gasteiger partial charge in [-0.3, -0.25) is 9.69 Å². The monoisotopic (exact) mass is 312 g/mol. The highest BCUT2D eigenvalue weighted by Gasteiger charge is 2.15. The molecule has 0 bridgehead atoms. The average molecular weight is 312 g/mol. The van der Waals surface area contributed by atoms with Crippen LogP contribution in [0.15, 0.2) is 57.6 Å². The Bertz CT molecular complexity index is 744. The van der Waals surface area contributed by atoms with Crippen LogP contribution in [0.4, 0.5) is 0 Å². The van der Waals surface area contributed by atoms with Gasteiger partial charge in [-0.15, -0.1) is 0 Å². The number of nitrogens with zero attached hydrogens (tertiary/aromatic N) is 1. The topological polar surface area (TPSA) is 58.6 Å². The Hall–Kier alpha value is -2.53. The van der Waals surface area contributed by atoms with E-state index in [2.05, 4.69) is 5.32 Å². The number of furan rings is 2. The minimum Gasteiger partial charge on any atom is -0.468 e. The van der Waals surface area contributed by atoms with E-state index >= 15 is 0 Å². The molecule has 5 heteroatoms. The van der Waals surface area contributed by atoms with Crippen molar-refractivity contribution in [3.05, 3.63) is 60.2 Å². The van der Waals surface area contributed by atoms with E-state index in [0.29, 0.717) is 13.1 Å². The van der Waals surface area contributed by atoms with E-state index in [1.165, 1.54) is 0 Å². The van der Waals surface area contributed by atoms with Crippen molar-refractivity contribution < 1.29 is 13.6 Å². The van der Waals surface area contributed by atoms with Crippen molar-refractivity contribution >= 4 is 16.9 Å². The van der Waals surface area contributed by atoms with Crippen LogP contribution in [-0.4, -0.2) is 24.4 Å². The van der Waals surface area contributed by atoms with E-state index in [1.54, 1.807) is 6.26 Å². The SMILES string of the molecule is CC(NC(=O)CN(C)Cc1ccco1)c1cc2ccccc2o1. The summed E-state index contributed by atoms with van der Waals surface area (Å²) < 4.78 is 11.1. The second-order valence-corrected chi connectivity index (χ2v) is 5.73. The molecule has 120 valence electrons. The van der Waals surface area contributed by atoms with Crippen LogP contribution in [0.5, 0.6) is 0 Å². The van der Waals surface area contributed by atoms with E-state index in [-0.39, 0.29) is 11.9 Å². The highest BCUT2D eigenvalue weighted by molar-refractivity contribution is 5.80. The van der Waals surface area contributed by atoms with Crippen molar-refractivity contribution in [1.29, 1.82) is 0 Å². The summed E-state index contributed by atoms with van der Waals surface area (Å²) >= 11 is 0. The van der Waals surface area contributed by atoms with Crippen molar-refractivity contribution in [3.63, 3.8) is 0 Å². The van der Waals surface area contributed by atoms with Gasteiger partial charge in [0, 0.05) is 5.39 Å². The molecule has 2 aromatic heterocycles. The molecule has 0 aliphatic carbocycles. The minimum atomic E-state index is -0.174. The van der Waals surface area contributed by atoms with Crippen LogP contribution in [0, 0.1) is 0 Å². The van der Waals surface area contributed by atoms with E-state index in [4.69, 9.17) is 8.83 Å². The standard InChI is InChI=1S/C18H20N2O3/c1-13(17-10-14-6-3-4-8-16(14)23-17)19-18(21)12-20(2)11-15-7-5-9-22-15/h3-10,13H,11-12H2,1-2H3,(H,19,21). The molecule has 0 radical (unpaired) electrons. The first-order chi connectivity index (χ1) is 11.1. The summed E-state index contributed by atoms with van der Waals surface area (Å²) in [6, 6.07) is 13.3. The molecular formula is C18H20N2O3. The Labute approximate surface area is 134 Å². The molecular weight excluding hydrogens is 292 g/mol. The van der Waals surface area contributed by atoms with Gasteiger partial charge < -0.3 is 14.2 Å². The predicted octanol–water partition coefficient (Wildman–Crippen LogP) is 3.34. The first-order valence-corrected chi connectivity index (χ1v) is 7.60. The number of carbonyl (C=O) groups is 1. The number of fused-ring (bicyclic) bond motifs is 1. The van der Waals surface area contributed by atoms with Crippen LogP contribution in [0.3, 0.4) is 0 Å². The van der Waals surface area contributed by atoms with Gasteiger partial charge in [0.05, 0.1) is 25.4 Å². The molecule has 0 aliphatic rings. The second-order valence-electron chi connectivity index (χ2n) is 5.73. The van der Waals surface area contributed by atoms with Gasteiger partial charge in [-0.05, 0) is 38.2 Å². The first-order valence-electron chi connectivity index (χ1n) is 7.60. The van der Waals surface area contributed by atoms with Gasteiger partial charge in [-0.1, -0.05) is 18.2 Å². The summed E-state index contributed by atoms with van der Waals surface area (Å²) in [5.41, 5.74) is 0.832.